The highest BCUT2D eigenvalue weighted by Crippen LogP contribution is 2.23. The lowest BCUT2D eigenvalue weighted by molar-refractivity contribution is 0.0787. The van der Waals surface area contributed by atoms with Crippen molar-refractivity contribution in [2.24, 2.45) is 11.8 Å². The van der Waals surface area contributed by atoms with Gasteiger partial charge in [0, 0.05) is 25.0 Å². The monoisotopic (exact) mass is 248 g/mol. The van der Waals surface area contributed by atoms with Gasteiger partial charge in [0.15, 0.2) is 0 Å². The van der Waals surface area contributed by atoms with Crippen molar-refractivity contribution in [2.45, 2.75) is 26.7 Å². The van der Waals surface area contributed by atoms with Crippen molar-refractivity contribution in [3.63, 3.8) is 0 Å². The Labute approximate surface area is 107 Å². The summed E-state index contributed by atoms with van der Waals surface area (Å²) in [6.45, 7) is 5.71. The number of hydrogen-bond acceptors (Lipinski definition) is 4. The molecule has 98 valence electrons. The van der Waals surface area contributed by atoms with Crippen LogP contribution in [0.15, 0.2) is 12.3 Å². The minimum Gasteiger partial charge on any atom is -0.338 e. The summed E-state index contributed by atoms with van der Waals surface area (Å²) in [5.41, 5.74) is 4.62. The van der Waals surface area contributed by atoms with E-state index in [2.05, 4.69) is 17.3 Å². The molecule has 0 spiro atoms. The predicted octanol–water partition coefficient (Wildman–Crippen LogP) is 1.55. The second-order valence-corrected chi connectivity index (χ2v) is 4.83. The predicted molar refractivity (Wildman–Crippen MR) is 71.1 cm³/mol. The maximum absolute atomic E-state index is 12.4. The van der Waals surface area contributed by atoms with Crippen LogP contribution < -0.4 is 11.3 Å². The number of nitrogens with zero attached hydrogens (tertiary/aromatic N) is 2. The second kappa shape index (κ2) is 5.35. The van der Waals surface area contributed by atoms with Gasteiger partial charge in [-0.05, 0) is 25.3 Å². The van der Waals surface area contributed by atoms with Crippen molar-refractivity contribution in [3.8, 4) is 0 Å². The minimum absolute atomic E-state index is 0.0198. The summed E-state index contributed by atoms with van der Waals surface area (Å²) in [6.07, 6.45) is 3.82. The van der Waals surface area contributed by atoms with Gasteiger partial charge in [-0.25, -0.2) is 0 Å². The van der Waals surface area contributed by atoms with Crippen LogP contribution in [0, 0.1) is 12.8 Å². The van der Waals surface area contributed by atoms with Crippen molar-refractivity contribution in [2.75, 3.05) is 18.5 Å². The third-order valence-corrected chi connectivity index (χ3v) is 3.58. The normalized spacial score (nSPS) is 19.1. The van der Waals surface area contributed by atoms with Gasteiger partial charge in [-0.3, -0.25) is 15.6 Å². The molecule has 1 unspecified atom stereocenters. The molecule has 5 nitrogen and oxygen atoms in total. The number of nitrogen functional groups attached to an aromatic ring is 1. The average Bonchev–Trinajstić information content (AvgIpc) is 2.86. The number of carbonyl (C=O) groups is 1. The lowest BCUT2D eigenvalue weighted by Crippen LogP contribution is -2.30. The fraction of sp³-hybridized carbons (Fsp3) is 0.538. The summed E-state index contributed by atoms with van der Waals surface area (Å²) in [5, 5.41) is 0. The average molecular weight is 248 g/mol. The lowest BCUT2D eigenvalue weighted by Gasteiger charge is -2.18. The number of hydrazine groups is 1. The number of likely N-dealkylation sites (tertiary alicyclic amines) is 1. The quantitative estimate of drug-likeness (QED) is 0.629. The second-order valence-electron chi connectivity index (χ2n) is 4.83. The van der Waals surface area contributed by atoms with Crippen LogP contribution in [0.4, 0.5) is 5.69 Å². The summed E-state index contributed by atoms with van der Waals surface area (Å²) >= 11 is 0. The van der Waals surface area contributed by atoms with Gasteiger partial charge in [-0.15, -0.1) is 0 Å². The van der Waals surface area contributed by atoms with E-state index in [1.54, 1.807) is 12.3 Å². The van der Waals surface area contributed by atoms with Crippen LogP contribution in [0.25, 0.3) is 0 Å². The van der Waals surface area contributed by atoms with Crippen molar-refractivity contribution in [1.29, 1.82) is 0 Å². The molecule has 0 aliphatic carbocycles. The molecule has 2 rings (SSSR count). The maximum atomic E-state index is 12.4. The molecule has 5 heteroatoms. The molecule has 1 amide bonds. The maximum Gasteiger partial charge on any atom is 0.257 e. The largest absolute Gasteiger partial charge is 0.338 e. The van der Waals surface area contributed by atoms with Gasteiger partial charge in [0.05, 0.1) is 11.3 Å². The number of carbonyl (C=O) groups excluding carboxylic acids is 1. The van der Waals surface area contributed by atoms with Gasteiger partial charge >= 0.3 is 0 Å². The highest BCUT2D eigenvalue weighted by atomic mass is 16.2. The summed E-state index contributed by atoms with van der Waals surface area (Å²) < 4.78 is 0. The number of rotatable bonds is 3. The van der Waals surface area contributed by atoms with Gasteiger partial charge in [0.2, 0.25) is 0 Å². The van der Waals surface area contributed by atoms with E-state index in [4.69, 9.17) is 5.84 Å². The fourth-order valence-electron chi connectivity index (χ4n) is 2.37. The first kappa shape index (κ1) is 12.8. The van der Waals surface area contributed by atoms with Crippen LogP contribution >= 0.6 is 0 Å². The smallest absolute Gasteiger partial charge is 0.257 e. The molecule has 18 heavy (non-hydrogen) atoms. The van der Waals surface area contributed by atoms with Crippen LogP contribution in [0.5, 0.6) is 0 Å². The molecular formula is C13H20N4O. The van der Waals surface area contributed by atoms with Crippen LogP contribution in [0.1, 0.15) is 35.8 Å². The van der Waals surface area contributed by atoms with Gasteiger partial charge in [-0.2, -0.15) is 0 Å². The first-order chi connectivity index (χ1) is 8.65. The van der Waals surface area contributed by atoms with E-state index in [1.165, 1.54) is 0 Å². The molecule has 1 aromatic heterocycles. The van der Waals surface area contributed by atoms with E-state index >= 15 is 0 Å². The van der Waals surface area contributed by atoms with E-state index in [0.29, 0.717) is 17.2 Å². The zero-order valence-electron chi connectivity index (χ0n) is 10.9. The summed E-state index contributed by atoms with van der Waals surface area (Å²) in [4.78, 5) is 18.5. The number of pyridine rings is 1. The first-order valence-electron chi connectivity index (χ1n) is 6.38. The van der Waals surface area contributed by atoms with Crippen molar-refractivity contribution in [3.05, 3.63) is 23.5 Å². The third kappa shape index (κ3) is 2.46. The Kier molecular flexibility index (Phi) is 3.81. The van der Waals surface area contributed by atoms with E-state index in [1.807, 2.05) is 11.8 Å². The Balaban J connectivity index is 2.19. The molecule has 3 N–H and O–H groups in total. The zero-order valence-corrected chi connectivity index (χ0v) is 10.9. The number of amides is 1. The van der Waals surface area contributed by atoms with Gasteiger partial charge in [-0.1, -0.05) is 13.3 Å². The third-order valence-electron chi connectivity index (χ3n) is 3.58. The SMILES string of the molecule is CCC1CCN(C(=O)c2cnc(C)cc2NN)C1. The Morgan fingerprint density at radius 2 is 2.44 bits per heavy atom. The molecule has 0 aromatic carbocycles. The summed E-state index contributed by atoms with van der Waals surface area (Å²) in [6, 6.07) is 1.79. The zero-order chi connectivity index (χ0) is 13.1. The number of nitrogens with one attached hydrogen (secondary N) is 1. The molecule has 1 saturated heterocycles. The van der Waals surface area contributed by atoms with Gasteiger partial charge in [0.25, 0.3) is 5.91 Å². The van der Waals surface area contributed by atoms with Gasteiger partial charge in [0.1, 0.15) is 0 Å². The topological polar surface area (TPSA) is 71.2 Å². The van der Waals surface area contributed by atoms with Crippen molar-refractivity contribution < 1.29 is 4.79 Å². The Morgan fingerprint density at radius 3 is 3.06 bits per heavy atom. The van der Waals surface area contributed by atoms with E-state index in [-0.39, 0.29) is 5.91 Å². The van der Waals surface area contributed by atoms with Crippen molar-refractivity contribution in [1.82, 2.24) is 9.88 Å². The number of aryl methyl sites for hydroxylation is 1. The van der Waals surface area contributed by atoms with E-state index in [0.717, 1.165) is 31.6 Å². The number of anilines is 1. The van der Waals surface area contributed by atoms with E-state index < -0.39 is 0 Å². The molecule has 0 bridgehead atoms. The number of nitrogens with two attached hydrogens (primary N) is 1. The molecular weight excluding hydrogens is 228 g/mol. The summed E-state index contributed by atoms with van der Waals surface area (Å²) in [7, 11) is 0. The van der Waals surface area contributed by atoms with Crippen LogP contribution in [-0.4, -0.2) is 28.9 Å². The molecule has 2 heterocycles. The Bertz CT molecular complexity index is 447. The molecule has 1 aromatic rings. The van der Waals surface area contributed by atoms with Crippen molar-refractivity contribution >= 4 is 11.6 Å². The van der Waals surface area contributed by atoms with Crippen LogP contribution in [-0.2, 0) is 0 Å². The minimum atomic E-state index is 0.0198. The molecule has 1 aliphatic rings. The highest BCUT2D eigenvalue weighted by molar-refractivity contribution is 5.99. The number of aromatic nitrogens is 1. The fourth-order valence-corrected chi connectivity index (χ4v) is 2.37. The van der Waals surface area contributed by atoms with E-state index in [9.17, 15) is 4.79 Å². The molecule has 1 fully saturated rings. The molecule has 1 aliphatic heterocycles. The Morgan fingerprint density at radius 1 is 1.67 bits per heavy atom. The van der Waals surface area contributed by atoms with Crippen LogP contribution in [0.2, 0.25) is 0 Å². The summed E-state index contributed by atoms with van der Waals surface area (Å²) in [5.74, 6) is 6.11. The standard InChI is InChI=1S/C13H20N4O/c1-3-10-4-5-17(8-10)13(18)11-7-15-9(2)6-12(11)16-14/h6-7,10H,3-5,8,14H2,1-2H3,(H,15,16). The number of hydrogen-bond donors (Lipinski definition) is 2. The lowest BCUT2D eigenvalue weighted by atomic mass is 10.1. The molecule has 0 saturated carbocycles. The first-order valence-corrected chi connectivity index (χ1v) is 6.38. The molecule has 0 radical (unpaired) electrons. The van der Waals surface area contributed by atoms with Gasteiger partial charge < -0.3 is 10.3 Å². The highest BCUT2D eigenvalue weighted by Gasteiger charge is 2.27. The Hall–Kier alpha value is -1.62. The molecule has 1 atom stereocenters. The van der Waals surface area contributed by atoms with Crippen LogP contribution in [0.3, 0.4) is 0 Å².